The number of phenols is 2. The van der Waals surface area contributed by atoms with Crippen molar-refractivity contribution in [3.63, 3.8) is 0 Å². The molecule has 186 valence electrons. The van der Waals surface area contributed by atoms with Gasteiger partial charge in [0.2, 0.25) is 11.8 Å². The van der Waals surface area contributed by atoms with Gasteiger partial charge in [0.25, 0.3) is 0 Å². The highest BCUT2D eigenvalue weighted by atomic mass is 16.5. The van der Waals surface area contributed by atoms with Crippen LogP contribution in [0.15, 0.2) is 72.8 Å². The van der Waals surface area contributed by atoms with Crippen LogP contribution in [0.25, 0.3) is 12.2 Å². The predicted octanol–water partition coefficient (Wildman–Crippen LogP) is 3.77. The van der Waals surface area contributed by atoms with E-state index in [4.69, 9.17) is 9.47 Å². The van der Waals surface area contributed by atoms with Crippen LogP contribution in [0.5, 0.6) is 23.0 Å². The van der Waals surface area contributed by atoms with Gasteiger partial charge < -0.3 is 30.3 Å². The van der Waals surface area contributed by atoms with Gasteiger partial charge in [-0.2, -0.15) is 0 Å². The van der Waals surface area contributed by atoms with Gasteiger partial charge >= 0.3 is 0 Å². The number of hydrogen-bond donors (Lipinski definition) is 4. The van der Waals surface area contributed by atoms with Gasteiger partial charge in [0, 0.05) is 25.2 Å². The molecule has 0 aliphatic heterocycles. The van der Waals surface area contributed by atoms with E-state index >= 15 is 0 Å². The number of methoxy groups -OCH3 is 2. The Bertz CT molecular complexity index is 1190. The smallest absolute Gasteiger partial charge is 0.244 e. The summed E-state index contributed by atoms with van der Waals surface area (Å²) in [5.74, 6) is 0.192. The number of nitrogens with one attached hydrogen (secondary N) is 2. The van der Waals surface area contributed by atoms with Crippen molar-refractivity contribution in [3.05, 3.63) is 95.1 Å². The topological polar surface area (TPSA) is 117 Å². The Balaban J connectivity index is 1.49. The summed E-state index contributed by atoms with van der Waals surface area (Å²) in [4.78, 5) is 24.4. The number of benzene rings is 3. The number of carbonyl (C=O) groups is 2. The Morgan fingerprint density at radius 1 is 0.722 bits per heavy atom. The molecular formula is C28H28N2O6. The molecule has 2 amide bonds. The second kappa shape index (κ2) is 12.7. The molecule has 0 atom stereocenters. The van der Waals surface area contributed by atoms with Crippen LogP contribution >= 0.6 is 0 Å². The largest absolute Gasteiger partial charge is 0.504 e. The lowest BCUT2D eigenvalue weighted by atomic mass is 10.1. The second-order valence-electron chi connectivity index (χ2n) is 7.78. The molecule has 0 fully saturated rings. The molecular weight excluding hydrogens is 460 g/mol. The molecule has 0 aromatic heterocycles. The molecule has 0 aliphatic rings. The van der Waals surface area contributed by atoms with Gasteiger partial charge in [0.05, 0.1) is 14.2 Å². The maximum absolute atomic E-state index is 12.2. The van der Waals surface area contributed by atoms with Crippen molar-refractivity contribution in [2.75, 3.05) is 14.2 Å². The first-order chi connectivity index (χ1) is 17.4. The van der Waals surface area contributed by atoms with E-state index in [-0.39, 0.29) is 23.3 Å². The summed E-state index contributed by atoms with van der Waals surface area (Å²) in [6.45, 7) is 0.652. The van der Waals surface area contributed by atoms with Crippen molar-refractivity contribution in [3.8, 4) is 23.0 Å². The van der Waals surface area contributed by atoms with Gasteiger partial charge in [0.15, 0.2) is 23.0 Å². The zero-order valence-corrected chi connectivity index (χ0v) is 20.0. The van der Waals surface area contributed by atoms with Gasteiger partial charge in [-0.1, -0.05) is 36.4 Å². The summed E-state index contributed by atoms with van der Waals surface area (Å²) in [5.41, 5.74) is 3.22. The van der Waals surface area contributed by atoms with E-state index in [1.54, 1.807) is 36.4 Å². The van der Waals surface area contributed by atoms with Crippen molar-refractivity contribution in [2.24, 2.45) is 0 Å². The maximum atomic E-state index is 12.2. The number of amides is 2. The van der Waals surface area contributed by atoms with E-state index < -0.39 is 0 Å². The molecule has 8 nitrogen and oxygen atoms in total. The van der Waals surface area contributed by atoms with Crippen molar-refractivity contribution >= 4 is 24.0 Å². The summed E-state index contributed by atoms with van der Waals surface area (Å²) in [5, 5.41) is 24.9. The number of aromatic hydroxyl groups is 2. The molecule has 0 aliphatic carbocycles. The second-order valence-corrected chi connectivity index (χ2v) is 7.78. The van der Waals surface area contributed by atoms with E-state index in [0.717, 1.165) is 22.3 Å². The predicted molar refractivity (Wildman–Crippen MR) is 138 cm³/mol. The third kappa shape index (κ3) is 7.66. The summed E-state index contributed by atoms with van der Waals surface area (Å²) in [7, 11) is 2.92. The fourth-order valence-electron chi connectivity index (χ4n) is 3.29. The standard InChI is InChI=1S/C28H28N2O6/c1-35-25-15-19(6-10-23(25)31)8-12-27(33)29-17-21-4-3-5-22(14-21)18-30-28(34)13-9-20-7-11-24(32)26(16-20)36-2/h3-16,31-32H,17-18H2,1-2H3,(H,29,33)(H,30,34)/b12-8+,13-9+. The van der Waals surface area contributed by atoms with E-state index in [1.807, 2.05) is 24.3 Å². The molecule has 0 heterocycles. The van der Waals surface area contributed by atoms with E-state index in [2.05, 4.69) is 10.6 Å². The number of rotatable bonds is 10. The molecule has 3 aromatic carbocycles. The van der Waals surface area contributed by atoms with Crippen molar-refractivity contribution in [1.29, 1.82) is 0 Å². The first-order valence-electron chi connectivity index (χ1n) is 11.1. The molecule has 3 aromatic rings. The van der Waals surface area contributed by atoms with E-state index in [0.29, 0.717) is 24.6 Å². The number of ether oxygens (including phenoxy) is 2. The Morgan fingerprint density at radius 2 is 1.17 bits per heavy atom. The lowest BCUT2D eigenvalue weighted by Gasteiger charge is -2.07. The van der Waals surface area contributed by atoms with E-state index in [9.17, 15) is 19.8 Å². The number of phenolic OH excluding ortho intramolecular Hbond substituents is 2. The van der Waals surface area contributed by atoms with Crippen LogP contribution in [0, 0.1) is 0 Å². The Labute approximate surface area is 209 Å². The maximum Gasteiger partial charge on any atom is 0.244 e. The highest BCUT2D eigenvalue weighted by Crippen LogP contribution is 2.27. The minimum absolute atomic E-state index is 0.0317. The summed E-state index contributed by atoms with van der Waals surface area (Å²) in [6, 6.07) is 17.2. The third-order valence-corrected chi connectivity index (χ3v) is 5.19. The van der Waals surface area contributed by atoms with Crippen LogP contribution in [0.3, 0.4) is 0 Å². The van der Waals surface area contributed by atoms with E-state index in [1.165, 1.54) is 38.5 Å². The first-order valence-corrected chi connectivity index (χ1v) is 11.1. The molecule has 0 radical (unpaired) electrons. The van der Waals surface area contributed by atoms with Crippen LogP contribution < -0.4 is 20.1 Å². The monoisotopic (exact) mass is 488 g/mol. The Hall–Kier alpha value is -4.72. The third-order valence-electron chi connectivity index (χ3n) is 5.19. The van der Waals surface area contributed by atoms with Crippen LogP contribution in [0.1, 0.15) is 22.3 Å². The van der Waals surface area contributed by atoms with Crippen LogP contribution in [-0.2, 0) is 22.7 Å². The zero-order chi connectivity index (χ0) is 25.9. The van der Waals surface area contributed by atoms with Gasteiger partial charge in [-0.05, 0) is 58.7 Å². The van der Waals surface area contributed by atoms with Crippen LogP contribution in [-0.4, -0.2) is 36.2 Å². The Kier molecular flexibility index (Phi) is 9.11. The first kappa shape index (κ1) is 25.9. The molecule has 4 N–H and O–H groups in total. The van der Waals surface area contributed by atoms with Crippen molar-refractivity contribution in [1.82, 2.24) is 10.6 Å². The van der Waals surface area contributed by atoms with Crippen LogP contribution in [0.2, 0.25) is 0 Å². The fraction of sp³-hybridized carbons (Fsp3) is 0.143. The summed E-state index contributed by atoms with van der Waals surface area (Å²) in [6.07, 6.45) is 6.08. The molecule has 3 rings (SSSR count). The average Bonchev–Trinajstić information content (AvgIpc) is 2.90. The fourth-order valence-corrected chi connectivity index (χ4v) is 3.29. The lowest BCUT2D eigenvalue weighted by Crippen LogP contribution is -2.21. The average molecular weight is 489 g/mol. The number of carbonyl (C=O) groups excluding carboxylic acids is 2. The highest BCUT2D eigenvalue weighted by Gasteiger charge is 2.04. The van der Waals surface area contributed by atoms with Gasteiger partial charge in [0.1, 0.15) is 0 Å². The van der Waals surface area contributed by atoms with Crippen LogP contribution in [0.4, 0.5) is 0 Å². The molecule has 0 spiro atoms. The molecule has 0 saturated heterocycles. The van der Waals surface area contributed by atoms with Gasteiger partial charge in [-0.3, -0.25) is 9.59 Å². The molecule has 0 saturated carbocycles. The minimum Gasteiger partial charge on any atom is -0.504 e. The van der Waals surface area contributed by atoms with Crippen molar-refractivity contribution < 1.29 is 29.3 Å². The van der Waals surface area contributed by atoms with Gasteiger partial charge in [-0.25, -0.2) is 0 Å². The molecule has 0 unspecified atom stereocenters. The van der Waals surface area contributed by atoms with Crippen molar-refractivity contribution in [2.45, 2.75) is 13.1 Å². The zero-order valence-electron chi connectivity index (χ0n) is 20.0. The quantitative estimate of drug-likeness (QED) is 0.323. The summed E-state index contributed by atoms with van der Waals surface area (Å²) >= 11 is 0. The highest BCUT2D eigenvalue weighted by molar-refractivity contribution is 5.92. The minimum atomic E-state index is -0.267. The normalized spacial score (nSPS) is 10.9. The molecule has 8 heteroatoms. The molecule has 0 bridgehead atoms. The lowest BCUT2D eigenvalue weighted by molar-refractivity contribution is -0.117. The van der Waals surface area contributed by atoms with Gasteiger partial charge in [-0.15, -0.1) is 0 Å². The molecule has 36 heavy (non-hydrogen) atoms. The Morgan fingerprint density at radius 3 is 1.58 bits per heavy atom. The SMILES string of the molecule is COc1cc(/C=C/C(=O)NCc2cccc(CNC(=O)/C=C/c3ccc(O)c(OC)c3)c2)ccc1O. The number of hydrogen-bond acceptors (Lipinski definition) is 6. The summed E-state index contributed by atoms with van der Waals surface area (Å²) < 4.78 is 10.1.